The van der Waals surface area contributed by atoms with Crippen molar-refractivity contribution in [1.29, 1.82) is 0 Å². The van der Waals surface area contributed by atoms with Crippen molar-refractivity contribution in [2.45, 2.75) is 50.7 Å². The van der Waals surface area contributed by atoms with Gasteiger partial charge in [0, 0.05) is 6.54 Å². The van der Waals surface area contributed by atoms with Crippen molar-refractivity contribution in [3.8, 4) is 0 Å². The molecule has 0 aromatic carbocycles. The number of unbranched alkanes of at least 4 members (excludes halogenated alkanes) is 1. The number of carboxylic acids is 1. The number of aromatic amines is 1. The molecule has 12 nitrogen and oxygen atoms in total. The molecular formula is C17H26N8O4. The van der Waals surface area contributed by atoms with E-state index in [1.165, 1.54) is 12.5 Å². The summed E-state index contributed by atoms with van der Waals surface area (Å²) in [5, 5.41) is 9.53. The molecule has 8 N–H and O–H groups in total. The number of carboxylic acid groups (broad SMARTS) is 1. The second-order valence-electron chi connectivity index (χ2n) is 6.59. The maximum atomic E-state index is 12.7. The van der Waals surface area contributed by atoms with Crippen molar-refractivity contribution >= 4 is 29.1 Å². The normalized spacial score (nSPS) is 14.1. The molecule has 29 heavy (non-hydrogen) atoms. The van der Waals surface area contributed by atoms with Crippen LogP contribution in [0.1, 0.15) is 51.0 Å². The highest BCUT2D eigenvalue weighted by molar-refractivity contribution is 6.03. The molecule has 0 spiro atoms. The summed E-state index contributed by atoms with van der Waals surface area (Å²) in [6.07, 6.45) is 4.12. The second-order valence-corrected chi connectivity index (χ2v) is 6.59. The van der Waals surface area contributed by atoms with Crippen molar-refractivity contribution in [3.63, 3.8) is 0 Å². The number of nitrogens with two attached hydrogens (primary N) is 3. The fraction of sp³-hybridized carbons (Fsp3) is 0.529. The molecule has 12 heteroatoms. The van der Waals surface area contributed by atoms with Crippen LogP contribution in [0.5, 0.6) is 0 Å². The van der Waals surface area contributed by atoms with E-state index in [0.29, 0.717) is 17.6 Å². The first-order chi connectivity index (χ1) is 13.8. The number of esters is 1. The number of aliphatic imine (C=N–C) groups is 1. The predicted octanol–water partition coefficient (Wildman–Crippen LogP) is -0.0369. The van der Waals surface area contributed by atoms with Crippen LogP contribution in [0.4, 0.5) is 0 Å². The summed E-state index contributed by atoms with van der Waals surface area (Å²) in [4.78, 5) is 43.6. The van der Waals surface area contributed by atoms with Crippen LogP contribution in [0, 0.1) is 0 Å². The van der Waals surface area contributed by atoms with Crippen molar-refractivity contribution in [1.82, 2.24) is 19.9 Å². The summed E-state index contributed by atoms with van der Waals surface area (Å²) in [5.74, 6) is -2.46. The molecule has 2 aromatic rings. The fourth-order valence-corrected chi connectivity index (χ4v) is 2.63. The number of fused-ring (bicyclic) bond motifs is 1. The zero-order chi connectivity index (χ0) is 21.4. The quantitative estimate of drug-likeness (QED) is 0.110. The van der Waals surface area contributed by atoms with Gasteiger partial charge in [0.1, 0.15) is 5.52 Å². The Bertz CT molecular complexity index is 879. The van der Waals surface area contributed by atoms with E-state index in [9.17, 15) is 14.7 Å². The molecule has 0 aliphatic heterocycles. The minimum Gasteiger partial charge on any atom is -0.479 e. The number of aliphatic carboxylic acids is 1. The summed E-state index contributed by atoms with van der Waals surface area (Å²) in [7, 11) is 0. The fourth-order valence-electron chi connectivity index (χ4n) is 2.63. The Balaban J connectivity index is 2.18. The van der Waals surface area contributed by atoms with Crippen LogP contribution in [0.15, 0.2) is 17.5 Å². The molecule has 0 amide bonds. The number of ether oxygens (including phenoxy) is 1. The van der Waals surface area contributed by atoms with Gasteiger partial charge in [-0.2, -0.15) is 0 Å². The number of imidazole rings is 1. The molecule has 0 saturated heterocycles. The molecule has 0 fully saturated rings. The zero-order valence-corrected chi connectivity index (χ0v) is 16.2. The number of carbonyl (C=O) groups excluding carboxylic acids is 1. The van der Waals surface area contributed by atoms with Gasteiger partial charge in [0.05, 0.1) is 12.5 Å². The summed E-state index contributed by atoms with van der Waals surface area (Å²) in [6, 6.07) is 0. The lowest BCUT2D eigenvalue weighted by molar-refractivity contribution is -0.166. The molecule has 0 saturated carbocycles. The van der Waals surface area contributed by atoms with Crippen LogP contribution in [0.3, 0.4) is 0 Å². The first-order valence-electron chi connectivity index (χ1n) is 9.22. The van der Waals surface area contributed by atoms with Crippen molar-refractivity contribution < 1.29 is 19.4 Å². The summed E-state index contributed by atoms with van der Waals surface area (Å²) in [6.45, 7) is 2.12. The summed E-state index contributed by atoms with van der Waals surface area (Å²) < 4.78 is 5.48. The molecule has 2 aromatic heterocycles. The number of hydrogen-bond donors (Lipinski definition) is 5. The minimum absolute atomic E-state index is 0.129. The van der Waals surface area contributed by atoms with E-state index in [4.69, 9.17) is 21.9 Å². The monoisotopic (exact) mass is 406 g/mol. The summed E-state index contributed by atoms with van der Waals surface area (Å²) in [5.41, 5.74) is 15.2. The lowest BCUT2D eigenvalue weighted by Crippen LogP contribution is -2.56. The molecule has 2 rings (SSSR count). The molecule has 158 valence electrons. The number of aromatic nitrogens is 4. The van der Waals surface area contributed by atoms with Crippen LogP contribution in [0.25, 0.3) is 11.2 Å². The first-order valence-corrected chi connectivity index (χ1v) is 9.22. The smallest absolute Gasteiger partial charge is 0.338 e. The van der Waals surface area contributed by atoms with Crippen LogP contribution < -0.4 is 17.2 Å². The molecule has 2 heterocycles. The number of rotatable bonds is 11. The van der Waals surface area contributed by atoms with Crippen LogP contribution in [0.2, 0.25) is 0 Å². The average Bonchev–Trinajstić information content (AvgIpc) is 3.15. The van der Waals surface area contributed by atoms with E-state index in [1.54, 1.807) is 0 Å². The third-order valence-electron chi connectivity index (χ3n) is 4.32. The summed E-state index contributed by atoms with van der Waals surface area (Å²) >= 11 is 0. The Kier molecular flexibility index (Phi) is 7.42. The minimum atomic E-state index is -2.24. The van der Waals surface area contributed by atoms with Gasteiger partial charge in [0.2, 0.25) is 5.54 Å². The van der Waals surface area contributed by atoms with E-state index in [1.807, 2.05) is 6.92 Å². The number of hydrogen-bond acceptors (Lipinski definition) is 8. The Morgan fingerprint density at radius 2 is 2.10 bits per heavy atom. The number of nitrogens with one attached hydrogen (secondary N) is 1. The zero-order valence-electron chi connectivity index (χ0n) is 16.2. The van der Waals surface area contributed by atoms with Crippen LogP contribution in [-0.2, 0) is 14.3 Å². The third kappa shape index (κ3) is 5.60. The SMILES string of the molecule is CCCCC(OC(=O)[C@@](N)(CCCN=C(N)N)C(=O)O)c1ncc2[nH]cnc2n1. The number of nitrogens with zero attached hydrogens (tertiary/aromatic N) is 4. The van der Waals surface area contributed by atoms with Crippen LogP contribution >= 0.6 is 0 Å². The maximum Gasteiger partial charge on any atom is 0.338 e. The Hall–Kier alpha value is -3.28. The lowest BCUT2D eigenvalue weighted by atomic mass is 9.94. The third-order valence-corrected chi connectivity index (χ3v) is 4.32. The van der Waals surface area contributed by atoms with Gasteiger partial charge in [0.15, 0.2) is 23.5 Å². The maximum absolute atomic E-state index is 12.7. The Morgan fingerprint density at radius 1 is 1.34 bits per heavy atom. The van der Waals surface area contributed by atoms with E-state index < -0.39 is 23.6 Å². The highest BCUT2D eigenvalue weighted by Gasteiger charge is 2.44. The molecule has 0 aliphatic rings. The van der Waals surface area contributed by atoms with Gasteiger partial charge in [-0.25, -0.2) is 24.5 Å². The van der Waals surface area contributed by atoms with Gasteiger partial charge < -0.3 is 32.0 Å². The van der Waals surface area contributed by atoms with Gasteiger partial charge in [0.25, 0.3) is 0 Å². The molecule has 1 unspecified atom stereocenters. The number of carbonyl (C=O) groups is 2. The van der Waals surface area contributed by atoms with Gasteiger partial charge >= 0.3 is 11.9 Å². The van der Waals surface area contributed by atoms with Crippen molar-refractivity contribution in [2.75, 3.05) is 6.54 Å². The van der Waals surface area contributed by atoms with Gasteiger partial charge in [-0.15, -0.1) is 0 Å². The molecule has 0 aliphatic carbocycles. The largest absolute Gasteiger partial charge is 0.479 e. The van der Waals surface area contributed by atoms with Gasteiger partial charge in [-0.1, -0.05) is 13.3 Å². The first kappa shape index (κ1) is 22.0. The predicted molar refractivity (Wildman–Crippen MR) is 105 cm³/mol. The van der Waals surface area contributed by atoms with Gasteiger partial charge in [-0.05, 0) is 25.7 Å². The van der Waals surface area contributed by atoms with Gasteiger partial charge in [-0.3, -0.25) is 4.99 Å². The molecule has 0 radical (unpaired) electrons. The number of H-pyrrole nitrogens is 1. The highest BCUT2D eigenvalue weighted by Crippen LogP contribution is 2.25. The standard InChI is InChI=1S/C17H26N8O4/c1-2-3-5-11(13-22-8-10-12(25-13)24-9-23-10)29-15(28)17(20,14(26)27)6-4-7-21-16(18)19/h8-9,11H,2-7,20H2,1H3,(H,26,27)(H4,18,19,21)(H,22,23,24,25)/t11?,17-/m1/s1. The van der Waals surface area contributed by atoms with Crippen molar-refractivity contribution in [3.05, 3.63) is 18.3 Å². The Labute approximate surface area is 167 Å². The Morgan fingerprint density at radius 3 is 2.76 bits per heavy atom. The van der Waals surface area contributed by atoms with E-state index >= 15 is 0 Å². The van der Waals surface area contributed by atoms with Crippen molar-refractivity contribution in [2.24, 2.45) is 22.2 Å². The van der Waals surface area contributed by atoms with E-state index in [2.05, 4.69) is 24.9 Å². The molecule has 2 atom stereocenters. The topological polar surface area (TPSA) is 208 Å². The molecular weight excluding hydrogens is 380 g/mol. The number of guanidine groups is 1. The highest BCUT2D eigenvalue weighted by atomic mass is 16.5. The van der Waals surface area contributed by atoms with Crippen LogP contribution in [-0.4, -0.2) is 55.0 Å². The lowest BCUT2D eigenvalue weighted by Gasteiger charge is -2.25. The molecule has 0 bridgehead atoms. The average molecular weight is 406 g/mol. The van der Waals surface area contributed by atoms with E-state index in [-0.39, 0.29) is 31.2 Å². The second kappa shape index (κ2) is 9.78. The van der Waals surface area contributed by atoms with E-state index in [0.717, 1.165) is 12.8 Å².